The van der Waals surface area contributed by atoms with E-state index in [0.717, 1.165) is 18.3 Å². The minimum absolute atomic E-state index is 0.0213. The van der Waals surface area contributed by atoms with Crippen LogP contribution in [-0.4, -0.2) is 36.2 Å². The number of pyridine rings is 1. The Hall–Kier alpha value is -3.59. The molecule has 0 saturated carbocycles. The molecule has 3 rings (SSSR count). The quantitative estimate of drug-likeness (QED) is 0.771. The van der Waals surface area contributed by atoms with Gasteiger partial charge in [-0.1, -0.05) is 6.07 Å². The number of carbonyl (C=O) groups is 2. The van der Waals surface area contributed by atoms with Crippen LogP contribution < -0.4 is 10.6 Å². The molecule has 1 aliphatic heterocycles. The SMILES string of the molecule is C[C@H](NC(=O)CN1C(=O)Nc2ccnc(C#N)c2S1(=O)=O)c1ccc(F)cc1F. The highest BCUT2D eigenvalue weighted by Gasteiger charge is 2.40. The van der Waals surface area contributed by atoms with Crippen molar-refractivity contribution in [2.24, 2.45) is 0 Å². The molecular formula is C17H13F2N5O4S. The number of urea groups is 1. The summed E-state index contributed by atoms with van der Waals surface area (Å²) in [6, 6.07) is 3.61. The van der Waals surface area contributed by atoms with Crippen molar-refractivity contribution in [3.8, 4) is 6.07 Å². The third-order valence-electron chi connectivity index (χ3n) is 4.12. The van der Waals surface area contributed by atoms with Gasteiger partial charge in [-0.3, -0.25) is 4.79 Å². The summed E-state index contributed by atoms with van der Waals surface area (Å²) < 4.78 is 52.7. The molecule has 2 N–H and O–H groups in total. The fourth-order valence-corrected chi connectivity index (χ4v) is 4.30. The maximum absolute atomic E-state index is 13.8. The van der Waals surface area contributed by atoms with Gasteiger partial charge in [-0.25, -0.2) is 31.3 Å². The third-order valence-corrected chi connectivity index (χ3v) is 5.92. The lowest BCUT2D eigenvalue weighted by Crippen LogP contribution is -2.49. The predicted octanol–water partition coefficient (Wildman–Crippen LogP) is 1.65. The van der Waals surface area contributed by atoms with Gasteiger partial charge >= 0.3 is 6.03 Å². The Labute approximate surface area is 164 Å². The number of sulfonamides is 1. The number of carbonyl (C=O) groups excluding carboxylic acids is 2. The van der Waals surface area contributed by atoms with Crippen LogP contribution in [0.1, 0.15) is 24.2 Å². The number of nitrogens with zero attached hydrogens (tertiary/aromatic N) is 3. The summed E-state index contributed by atoms with van der Waals surface area (Å²) >= 11 is 0. The number of hydrogen-bond donors (Lipinski definition) is 2. The summed E-state index contributed by atoms with van der Waals surface area (Å²) in [5.41, 5.74) is -0.582. The van der Waals surface area contributed by atoms with Gasteiger partial charge in [-0.05, 0) is 19.1 Å². The van der Waals surface area contributed by atoms with Crippen LogP contribution in [0, 0.1) is 23.0 Å². The van der Waals surface area contributed by atoms with Crippen LogP contribution in [0.3, 0.4) is 0 Å². The molecule has 0 saturated heterocycles. The molecule has 12 heteroatoms. The van der Waals surface area contributed by atoms with Crippen LogP contribution >= 0.6 is 0 Å². The van der Waals surface area contributed by atoms with Gasteiger partial charge in [-0.15, -0.1) is 0 Å². The molecule has 3 amide bonds. The highest BCUT2D eigenvalue weighted by atomic mass is 32.2. The minimum Gasteiger partial charge on any atom is -0.348 e. The van der Waals surface area contributed by atoms with Crippen molar-refractivity contribution >= 4 is 27.6 Å². The summed E-state index contributed by atoms with van der Waals surface area (Å²) in [5.74, 6) is -2.59. The largest absolute Gasteiger partial charge is 0.348 e. The molecule has 1 aromatic carbocycles. The third kappa shape index (κ3) is 3.72. The zero-order valence-corrected chi connectivity index (χ0v) is 15.6. The topological polar surface area (TPSA) is 132 Å². The first-order valence-electron chi connectivity index (χ1n) is 8.12. The lowest BCUT2D eigenvalue weighted by molar-refractivity contribution is -0.121. The standard InChI is InChI=1S/C17H13F2N5O4S/c1-9(11-3-2-10(18)6-12(11)19)22-15(25)8-24-17(26)23-13-4-5-21-14(7-20)16(13)29(24,27)28/h2-6,9H,8H2,1H3,(H,22,25)(H,23,26)/t9-/m0/s1. The number of fused-ring (bicyclic) bond motifs is 1. The van der Waals surface area contributed by atoms with Crippen molar-refractivity contribution in [3.05, 3.63) is 53.4 Å². The van der Waals surface area contributed by atoms with Gasteiger partial charge in [0.1, 0.15) is 29.1 Å². The van der Waals surface area contributed by atoms with E-state index in [2.05, 4.69) is 15.6 Å². The number of benzene rings is 1. The molecule has 2 heterocycles. The molecule has 0 fully saturated rings. The van der Waals surface area contributed by atoms with Gasteiger partial charge in [-0.2, -0.15) is 5.26 Å². The first-order valence-corrected chi connectivity index (χ1v) is 9.56. The molecule has 2 aromatic rings. The number of nitriles is 1. The number of hydrogen-bond acceptors (Lipinski definition) is 6. The molecule has 0 spiro atoms. The van der Waals surface area contributed by atoms with Crippen LogP contribution in [0.4, 0.5) is 19.3 Å². The van der Waals surface area contributed by atoms with Crippen LogP contribution in [0.5, 0.6) is 0 Å². The Kier molecular flexibility index (Phi) is 5.17. The normalized spacial score (nSPS) is 15.7. The lowest BCUT2D eigenvalue weighted by atomic mass is 10.1. The van der Waals surface area contributed by atoms with Gasteiger partial charge in [0.15, 0.2) is 5.69 Å². The van der Waals surface area contributed by atoms with E-state index >= 15 is 0 Å². The monoisotopic (exact) mass is 421 g/mol. The van der Waals surface area contributed by atoms with Crippen molar-refractivity contribution in [1.82, 2.24) is 14.6 Å². The summed E-state index contributed by atoms with van der Waals surface area (Å²) in [6.45, 7) is 0.493. The number of rotatable bonds is 4. The predicted molar refractivity (Wildman–Crippen MR) is 94.8 cm³/mol. The molecule has 0 aliphatic carbocycles. The van der Waals surface area contributed by atoms with Crippen molar-refractivity contribution in [2.75, 3.05) is 11.9 Å². The van der Waals surface area contributed by atoms with Gasteiger partial charge in [0.05, 0.1) is 11.7 Å². The Morgan fingerprint density at radius 2 is 2.10 bits per heavy atom. The van der Waals surface area contributed by atoms with E-state index in [1.54, 1.807) is 6.07 Å². The first kappa shape index (κ1) is 20.2. The Bertz CT molecular complexity index is 1160. The number of amides is 3. The highest BCUT2D eigenvalue weighted by molar-refractivity contribution is 7.90. The second-order valence-corrected chi connectivity index (χ2v) is 7.84. The van der Waals surface area contributed by atoms with Gasteiger partial charge in [0, 0.05) is 17.8 Å². The Balaban J connectivity index is 1.83. The zero-order chi connectivity index (χ0) is 21.3. The van der Waals surface area contributed by atoms with E-state index in [1.807, 2.05) is 0 Å². The van der Waals surface area contributed by atoms with Gasteiger partial charge < -0.3 is 10.6 Å². The minimum atomic E-state index is -4.53. The Morgan fingerprint density at radius 3 is 2.76 bits per heavy atom. The molecule has 1 aliphatic rings. The summed E-state index contributed by atoms with van der Waals surface area (Å²) in [5, 5.41) is 13.7. The fraction of sp³-hybridized carbons (Fsp3) is 0.176. The van der Waals surface area contributed by atoms with Crippen LogP contribution in [0.25, 0.3) is 0 Å². The number of nitrogens with one attached hydrogen (secondary N) is 2. The number of aromatic nitrogens is 1. The zero-order valence-electron chi connectivity index (χ0n) is 14.8. The Morgan fingerprint density at radius 1 is 1.38 bits per heavy atom. The molecule has 9 nitrogen and oxygen atoms in total. The van der Waals surface area contributed by atoms with Crippen molar-refractivity contribution in [1.29, 1.82) is 5.26 Å². The molecule has 1 atom stereocenters. The molecule has 0 unspecified atom stereocenters. The van der Waals surface area contributed by atoms with Crippen LogP contribution in [0.2, 0.25) is 0 Å². The van der Waals surface area contributed by atoms with Crippen molar-refractivity contribution in [2.45, 2.75) is 17.9 Å². The smallest absolute Gasteiger partial charge is 0.336 e. The summed E-state index contributed by atoms with van der Waals surface area (Å²) in [6.07, 6.45) is 1.16. The van der Waals surface area contributed by atoms with E-state index in [1.165, 1.54) is 13.0 Å². The second-order valence-electron chi connectivity index (χ2n) is 6.04. The molecular weight excluding hydrogens is 408 g/mol. The van der Waals surface area contributed by atoms with Gasteiger partial charge in [0.2, 0.25) is 5.91 Å². The molecule has 29 heavy (non-hydrogen) atoms. The summed E-state index contributed by atoms with van der Waals surface area (Å²) in [7, 11) is -4.53. The van der Waals surface area contributed by atoms with E-state index in [-0.39, 0.29) is 15.6 Å². The number of halogens is 2. The maximum atomic E-state index is 13.8. The molecule has 150 valence electrons. The molecule has 0 bridgehead atoms. The van der Waals surface area contributed by atoms with E-state index in [0.29, 0.717) is 6.07 Å². The van der Waals surface area contributed by atoms with Crippen LogP contribution in [0.15, 0.2) is 35.4 Å². The average Bonchev–Trinajstić information content (AvgIpc) is 2.64. The van der Waals surface area contributed by atoms with Crippen molar-refractivity contribution in [3.63, 3.8) is 0 Å². The molecule has 1 aromatic heterocycles. The van der Waals surface area contributed by atoms with E-state index in [9.17, 15) is 26.8 Å². The molecule has 0 radical (unpaired) electrons. The fourth-order valence-electron chi connectivity index (χ4n) is 2.79. The van der Waals surface area contributed by atoms with Crippen molar-refractivity contribution < 1.29 is 26.8 Å². The van der Waals surface area contributed by atoms with Crippen LogP contribution in [-0.2, 0) is 14.8 Å². The number of anilines is 1. The van der Waals surface area contributed by atoms with E-state index < -0.39 is 56.8 Å². The summed E-state index contributed by atoms with van der Waals surface area (Å²) in [4.78, 5) is 27.6. The first-order chi connectivity index (χ1) is 13.6. The van der Waals surface area contributed by atoms with E-state index in [4.69, 9.17) is 5.26 Å². The highest BCUT2D eigenvalue weighted by Crippen LogP contribution is 2.31. The average molecular weight is 421 g/mol. The lowest BCUT2D eigenvalue weighted by Gasteiger charge is -2.28. The maximum Gasteiger partial charge on any atom is 0.336 e. The second kappa shape index (κ2) is 7.44. The van der Waals surface area contributed by atoms with Gasteiger partial charge in [0.25, 0.3) is 10.0 Å².